The Morgan fingerprint density at radius 3 is 2.84 bits per heavy atom. The maximum atomic E-state index is 6.36. The summed E-state index contributed by atoms with van der Waals surface area (Å²) in [5.74, 6) is 0.930. The summed E-state index contributed by atoms with van der Waals surface area (Å²) in [7, 11) is 0. The number of hydrogen-bond acceptors (Lipinski definition) is 3. The summed E-state index contributed by atoms with van der Waals surface area (Å²) in [6.07, 6.45) is 4.38. The van der Waals surface area contributed by atoms with E-state index in [0.29, 0.717) is 0 Å². The van der Waals surface area contributed by atoms with E-state index in [0.717, 1.165) is 41.7 Å². The van der Waals surface area contributed by atoms with Gasteiger partial charge < -0.3 is 10.3 Å². The molecule has 2 aromatic heterocycles. The fraction of sp³-hybridized carbons (Fsp3) is 0.538. The first-order valence-corrected chi connectivity index (χ1v) is 6.99. The van der Waals surface area contributed by atoms with Gasteiger partial charge in [-0.3, -0.25) is 4.68 Å². The van der Waals surface area contributed by atoms with Crippen molar-refractivity contribution in [2.45, 2.75) is 39.8 Å². The second-order valence-electron chi connectivity index (χ2n) is 4.45. The van der Waals surface area contributed by atoms with Gasteiger partial charge in [-0.15, -0.1) is 0 Å². The van der Waals surface area contributed by atoms with Gasteiger partial charge in [0.15, 0.2) is 0 Å². The number of hydrogen-bond donors (Lipinski definition) is 2. The van der Waals surface area contributed by atoms with Crippen molar-refractivity contribution >= 4 is 11.6 Å². The van der Waals surface area contributed by atoms with Gasteiger partial charge in [-0.25, -0.2) is 4.98 Å². The van der Waals surface area contributed by atoms with E-state index in [1.54, 1.807) is 6.20 Å². The van der Waals surface area contributed by atoms with Crippen LogP contribution in [0.5, 0.6) is 0 Å². The van der Waals surface area contributed by atoms with Gasteiger partial charge in [0.1, 0.15) is 5.82 Å². The Labute approximate surface area is 118 Å². The molecule has 0 fully saturated rings. The van der Waals surface area contributed by atoms with Crippen LogP contribution in [0.1, 0.15) is 37.1 Å². The smallest absolute Gasteiger partial charge is 0.123 e. The molecule has 0 saturated carbocycles. The number of halogens is 1. The van der Waals surface area contributed by atoms with E-state index < -0.39 is 0 Å². The van der Waals surface area contributed by atoms with E-state index in [1.807, 2.05) is 17.8 Å². The van der Waals surface area contributed by atoms with Crippen molar-refractivity contribution < 1.29 is 0 Å². The van der Waals surface area contributed by atoms with Gasteiger partial charge in [-0.05, 0) is 20.4 Å². The highest BCUT2D eigenvalue weighted by atomic mass is 35.5. The third-order valence-corrected chi connectivity index (χ3v) is 3.64. The molecule has 0 bridgehead atoms. The Balaban J connectivity index is 2.27. The monoisotopic (exact) mass is 281 g/mol. The van der Waals surface area contributed by atoms with Gasteiger partial charge in [-0.2, -0.15) is 5.10 Å². The summed E-state index contributed by atoms with van der Waals surface area (Å²) in [5.41, 5.74) is 1.94. The van der Waals surface area contributed by atoms with Crippen LogP contribution in [0.2, 0.25) is 5.02 Å². The fourth-order valence-electron chi connectivity index (χ4n) is 2.24. The molecule has 1 unspecified atom stereocenters. The summed E-state index contributed by atoms with van der Waals surface area (Å²) >= 11 is 6.36. The molecule has 2 N–H and O–H groups in total. The minimum Gasteiger partial charge on any atom is -0.347 e. The van der Waals surface area contributed by atoms with Gasteiger partial charge in [0.2, 0.25) is 0 Å². The van der Waals surface area contributed by atoms with Crippen LogP contribution < -0.4 is 5.32 Å². The quantitative estimate of drug-likeness (QED) is 0.855. The van der Waals surface area contributed by atoms with Crippen molar-refractivity contribution in [1.29, 1.82) is 0 Å². The predicted molar refractivity (Wildman–Crippen MR) is 76.4 cm³/mol. The third-order valence-electron chi connectivity index (χ3n) is 3.15. The van der Waals surface area contributed by atoms with E-state index in [4.69, 9.17) is 11.6 Å². The van der Waals surface area contributed by atoms with Crippen molar-refractivity contribution in [3.05, 3.63) is 34.6 Å². The Morgan fingerprint density at radius 1 is 1.47 bits per heavy atom. The fourth-order valence-corrected chi connectivity index (χ4v) is 2.45. The highest BCUT2D eigenvalue weighted by molar-refractivity contribution is 6.31. The highest BCUT2D eigenvalue weighted by Gasteiger charge is 2.20. The van der Waals surface area contributed by atoms with E-state index in [1.165, 1.54) is 0 Å². The first-order chi connectivity index (χ1) is 9.17. The van der Waals surface area contributed by atoms with Crippen molar-refractivity contribution in [1.82, 2.24) is 25.1 Å². The van der Waals surface area contributed by atoms with Crippen LogP contribution in [-0.2, 0) is 13.0 Å². The molecule has 6 heteroatoms. The number of aromatic nitrogens is 4. The molecule has 5 nitrogen and oxygen atoms in total. The molecule has 0 aromatic carbocycles. The number of H-pyrrole nitrogens is 1. The third kappa shape index (κ3) is 2.98. The van der Waals surface area contributed by atoms with Crippen molar-refractivity contribution in [3.8, 4) is 0 Å². The number of nitrogens with one attached hydrogen (secondary N) is 2. The number of imidazole rings is 1. The lowest BCUT2D eigenvalue weighted by molar-refractivity contribution is 0.498. The lowest BCUT2D eigenvalue weighted by Crippen LogP contribution is -2.25. The summed E-state index contributed by atoms with van der Waals surface area (Å²) < 4.78 is 1.96. The van der Waals surface area contributed by atoms with Crippen molar-refractivity contribution in [3.63, 3.8) is 0 Å². The van der Waals surface area contributed by atoms with Gasteiger partial charge in [0, 0.05) is 25.4 Å². The SMILES string of the molecule is CCNC(Cc1c(Cl)c(C)nn1CC)c1ncc[nH]1. The topological polar surface area (TPSA) is 58.5 Å². The second kappa shape index (κ2) is 6.21. The molecule has 0 amide bonds. The molecule has 1 atom stereocenters. The van der Waals surface area contributed by atoms with Crippen LogP contribution >= 0.6 is 11.6 Å². The highest BCUT2D eigenvalue weighted by Crippen LogP contribution is 2.25. The van der Waals surface area contributed by atoms with E-state index in [2.05, 4.69) is 34.2 Å². The molecule has 2 aromatic rings. The van der Waals surface area contributed by atoms with Crippen LogP contribution in [0.4, 0.5) is 0 Å². The Morgan fingerprint density at radius 2 is 2.26 bits per heavy atom. The second-order valence-corrected chi connectivity index (χ2v) is 4.83. The normalized spacial score (nSPS) is 12.8. The van der Waals surface area contributed by atoms with E-state index in [-0.39, 0.29) is 6.04 Å². The summed E-state index contributed by atoms with van der Waals surface area (Å²) in [5, 5.41) is 8.64. The maximum absolute atomic E-state index is 6.36. The lowest BCUT2D eigenvalue weighted by Gasteiger charge is -2.16. The molecule has 0 spiro atoms. The average molecular weight is 282 g/mol. The standard InChI is InChI=1S/C13H20ClN5/c1-4-15-10(13-16-6-7-17-13)8-11-12(14)9(3)18-19(11)5-2/h6-7,10,15H,4-5,8H2,1-3H3,(H,16,17). The molecule has 2 heterocycles. The molecular weight excluding hydrogens is 262 g/mol. The van der Waals surface area contributed by atoms with Crippen molar-refractivity contribution in [2.24, 2.45) is 0 Å². The van der Waals surface area contributed by atoms with E-state index in [9.17, 15) is 0 Å². The minimum atomic E-state index is 0.124. The lowest BCUT2D eigenvalue weighted by atomic mass is 10.1. The number of nitrogens with zero attached hydrogens (tertiary/aromatic N) is 3. The Kier molecular flexibility index (Phi) is 4.61. The molecular formula is C13H20ClN5. The van der Waals surface area contributed by atoms with Gasteiger partial charge in [-0.1, -0.05) is 18.5 Å². The maximum Gasteiger partial charge on any atom is 0.123 e. The van der Waals surface area contributed by atoms with Crippen LogP contribution in [-0.4, -0.2) is 26.3 Å². The first-order valence-electron chi connectivity index (χ1n) is 6.61. The number of aromatic amines is 1. The predicted octanol–water partition coefficient (Wildman–Crippen LogP) is 2.48. The van der Waals surface area contributed by atoms with Crippen LogP contribution in [0.15, 0.2) is 12.4 Å². The zero-order valence-electron chi connectivity index (χ0n) is 11.6. The molecule has 0 aliphatic rings. The number of likely N-dealkylation sites (N-methyl/N-ethyl adjacent to an activating group) is 1. The van der Waals surface area contributed by atoms with Crippen LogP contribution in [0, 0.1) is 6.92 Å². The number of rotatable bonds is 6. The van der Waals surface area contributed by atoms with Gasteiger partial charge >= 0.3 is 0 Å². The van der Waals surface area contributed by atoms with E-state index >= 15 is 0 Å². The first kappa shape index (κ1) is 14.1. The zero-order valence-corrected chi connectivity index (χ0v) is 12.3. The number of aryl methyl sites for hydroxylation is 2. The van der Waals surface area contributed by atoms with Gasteiger partial charge in [0.25, 0.3) is 0 Å². The molecule has 104 valence electrons. The average Bonchev–Trinajstić information content (AvgIpc) is 3.01. The molecule has 2 rings (SSSR count). The van der Waals surface area contributed by atoms with Crippen LogP contribution in [0.3, 0.4) is 0 Å². The molecule has 0 aliphatic carbocycles. The van der Waals surface area contributed by atoms with Crippen molar-refractivity contribution in [2.75, 3.05) is 6.54 Å². The summed E-state index contributed by atoms with van der Waals surface area (Å²) in [6.45, 7) is 7.79. The summed E-state index contributed by atoms with van der Waals surface area (Å²) in [4.78, 5) is 7.49. The molecule has 0 aliphatic heterocycles. The molecule has 19 heavy (non-hydrogen) atoms. The zero-order chi connectivity index (χ0) is 13.8. The molecule has 0 radical (unpaired) electrons. The van der Waals surface area contributed by atoms with Gasteiger partial charge in [0.05, 0.1) is 22.5 Å². The minimum absolute atomic E-state index is 0.124. The molecule has 0 saturated heterocycles. The Hall–Kier alpha value is -1.33. The van der Waals surface area contributed by atoms with Crippen LogP contribution in [0.25, 0.3) is 0 Å². The summed E-state index contributed by atoms with van der Waals surface area (Å²) in [6, 6.07) is 0.124. The Bertz CT molecular complexity index is 517. The largest absolute Gasteiger partial charge is 0.347 e.